The zero-order valence-electron chi connectivity index (χ0n) is 28.7. The Morgan fingerprint density at radius 2 is 1.04 bits per heavy atom. The predicted octanol–water partition coefficient (Wildman–Crippen LogP) is 10.2. The van der Waals surface area contributed by atoms with Crippen LogP contribution in [0.1, 0.15) is 36.5 Å². The molecule has 0 spiro atoms. The molecule has 8 rings (SSSR count). The van der Waals surface area contributed by atoms with Crippen LogP contribution in [-0.4, -0.2) is 24.5 Å². The number of rotatable bonds is 8. The van der Waals surface area contributed by atoms with Crippen molar-refractivity contribution in [2.24, 2.45) is 0 Å². The van der Waals surface area contributed by atoms with E-state index >= 15 is 0 Å². The van der Waals surface area contributed by atoms with Crippen LogP contribution in [0.15, 0.2) is 110 Å². The second kappa shape index (κ2) is 15.7. The third kappa shape index (κ3) is 7.61. The van der Waals surface area contributed by atoms with E-state index < -0.39 is 0 Å². The number of ether oxygens (including phenoxy) is 2. The molecule has 52 heavy (non-hydrogen) atoms. The fourth-order valence-electron chi connectivity index (χ4n) is 5.81. The molecule has 4 aromatic heterocycles. The summed E-state index contributed by atoms with van der Waals surface area (Å²) in [7, 11) is 0. The molecule has 4 heterocycles. The second-order valence-electron chi connectivity index (χ2n) is 12.5. The van der Waals surface area contributed by atoms with Crippen LogP contribution in [0.4, 0.5) is 0 Å². The van der Waals surface area contributed by atoms with E-state index in [1.165, 1.54) is 0 Å². The zero-order valence-corrected chi connectivity index (χ0v) is 32.5. The molecule has 0 aliphatic heterocycles. The third-order valence-corrected chi connectivity index (χ3v) is 8.42. The number of benzene rings is 4. The van der Waals surface area contributed by atoms with E-state index in [0.29, 0.717) is 34.9 Å². The van der Waals surface area contributed by atoms with E-state index in [1.807, 2.05) is 116 Å². The van der Waals surface area contributed by atoms with E-state index in [1.54, 1.807) is 12.4 Å². The van der Waals surface area contributed by atoms with Crippen molar-refractivity contribution >= 4 is 21.8 Å². The zero-order chi connectivity index (χ0) is 34.2. The van der Waals surface area contributed by atoms with E-state index in [4.69, 9.17) is 19.4 Å². The summed E-state index contributed by atoms with van der Waals surface area (Å²) >= 11 is 0. The molecule has 4 aromatic carbocycles. The number of hydrogen-bond acceptors (Lipinski definition) is 6. The summed E-state index contributed by atoms with van der Waals surface area (Å²) in [6, 6.07) is 41.1. The Hall–Kier alpha value is -4.99. The van der Waals surface area contributed by atoms with Gasteiger partial charge < -0.3 is 24.0 Å². The van der Waals surface area contributed by atoms with Crippen molar-refractivity contribution in [1.29, 1.82) is 0 Å². The SMILES string of the molecule is Cc1ccnc(-c2[c-]c(Oc3[c-]c4c(cc3)c3ccc(Oc5[c-]c(-c6cc(C)ccn6)ccc5)[c-]c3n4-c3ncc(C(C)C)cn3)ccc2)c1.[Pd+2].[Pt+2]. The smallest absolute Gasteiger partial charge is 0.503 e. The number of aromatic nitrogens is 5. The molecular formula is C43H31N5O2PdPt. The molecule has 0 unspecified atom stereocenters. The van der Waals surface area contributed by atoms with Crippen molar-refractivity contribution in [2.45, 2.75) is 33.6 Å². The van der Waals surface area contributed by atoms with Crippen molar-refractivity contribution in [3.05, 3.63) is 151 Å². The molecule has 0 saturated carbocycles. The molecule has 0 bridgehead atoms. The van der Waals surface area contributed by atoms with Crippen LogP contribution >= 0.6 is 0 Å². The molecule has 0 radical (unpaired) electrons. The largest absolute Gasteiger partial charge is 2.00 e. The van der Waals surface area contributed by atoms with Crippen LogP contribution in [0.25, 0.3) is 50.3 Å². The van der Waals surface area contributed by atoms with Gasteiger partial charge in [-0.15, -0.1) is 71.8 Å². The minimum Gasteiger partial charge on any atom is -0.503 e. The summed E-state index contributed by atoms with van der Waals surface area (Å²) in [5, 5.41) is 1.90. The normalized spacial score (nSPS) is 10.9. The maximum atomic E-state index is 6.34. The molecule has 0 aliphatic carbocycles. The predicted molar refractivity (Wildman–Crippen MR) is 195 cm³/mol. The van der Waals surface area contributed by atoms with Gasteiger partial charge in [-0.3, -0.25) is 0 Å². The van der Waals surface area contributed by atoms with Gasteiger partial charge in [-0.25, -0.2) is 9.97 Å². The van der Waals surface area contributed by atoms with Gasteiger partial charge in [-0.2, -0.15) is 22.9 Å². The summed E-state index contributed by atoms with van der Waals surface area (Å²) in [6.45, 7) is 8.33. The van der Waals surface area contributed by atoms with Gasteiger partial charge in [0, 0.05) is 47.8 Å². The molecule has 9 heteroatoms. The second-order valence-corrected chi connectivity index (χ2v) is 12.5. The third-order valence-electron chi connectivity index (χ3n) is 8.42. The minimum absolute atomic E-state index is 0. The molecule has 8 aromatic rings. The fourth-order valence-corrected chi connectivity index (χ4v) is 5.81. The van der Waals surface area contributed by atoms with Crippen LogP contribution in [0, 0.1) is 38.1 Å². The number of hydrogen-bond donors (Lipinski definition) is 0. The molecule has 0 aliphatic rings. The Kier molecular flexibility index (Phi) is 11.1. The Bertz CT molecular complexity index is 2370. The maximum Gasteiger partial charge on any atom is 2.00 e. The summed E-state index contributed by atoms with van der Waals surface area (Å²) in [6.07, 6.45) is 7.33. The Morgan fingerprint density at radius 3 is 1.48 bits per heavy atom. The number of aryl methyl sites for hydroxylation is 2. The topological polar surface area (TPSA) is 75.0 Å². The average Bonchev–Trinajstić information content (AvgIpc) is 3.44. The van der Waals surface area contributed by atoms with Crippen molar-refractivity contribution in [3.8, 4) is 51.5 Å². The first-order chi connectivity index (χ1) is 24.4. The van der Waals surface area contributed by atoms with Gasteiger partial charge >= 0.3 is 41.5 Å². The van der Waals surface area contributed by atoms with Crippen LogP contribution < -0.4 is 9.47 Å². The van der Waals surface area contributed by atoms with Gasteiger partial charge in [-0.05, 0) is 48.8 Å². The summed E-state index contributed by atoms with van der Waals surface area (Å²) in [4.78, 5) is 18.6. The van der Waals surface area contributed by atoms with Gasteiger partial charge in [-0.1, -0.05) is 60.3 Å². The van der Waals surface area contributed by atoms with E-state index in [2.05, 4.69) is 48.1 Å². The molecule has 0 saturated heterocycles. The van der Waals surface area contributed by atoms with E-state index in [-0.39, 0.29) is 41.5 Å². The van der Waals surface area contributed by atoms with Crippen LogP contribution in [0.5, 0.6) is 23.0 Å². The van der Waals surface area contributed by atoms with Gasteiger partial charge in [0.2, 0.25) is 5.95 Å². The van der Waals surface area contributed by atoms with Gasteiger partial charge in [0.15, 0.2) is 0 Å². The monoisotopic (exact) mass is 950 g/mol. The summed E-state index contributed by atoms with van der Waals surface area (Å²) in [5.41, 5.74) is 8.16. The molecule has 7 nitrogen and oxygen atoms in total. The fraction of sp³-hybridized carbons (Fsp3) is 0.116. The van der Waals surface area contributed by atoms with Crippen molar-refractivity contribution in [3.63, 3.8) is 0 Å². The molecule has 0 N–H and O–H groups in total. The first-order valence-electron chi connectivity index (χ1n) is 16.4. The molecule has 0 amide bonds. The van der Waals surface area contributed by atoms with Gasteiger partial charge in [0.1, 0.15) is 0 Å². The Balaban J connectivity index is 0.00000232. The summed E-state index contributed by atoms with van der Waals surface area (Å²) < 4.78 is 14.6. The molecular weight excluding hydrogens is 920 g/mol. The molecule has 0 atom stereocenters. The van der Waals surface area contributed by atoms with Crippen LogP contribution in [-0.2, 0) is 41.5 Å². The van der Waals surface area contributed by atoms with Gasteiger partial charge in [0.25, 0.3) is 0 Å². The molecule has 0 fully saturated rings. The molecule has 260 valence electrons. The van der Waals surface area contributed by atoms with Crippen LogP contribution in [0.2, 0.25) is 0 Å². The number of nitrogens with zero attached hydrogens (tertiary/aromatic N) is 5. The first-order valence-corrected chi connectivity index (χ1v) is 16.4. The Morgan fingerprint density at radius 1 is 0.577 bits per heavy atom. The van der Waals surface area contributed by atoms with Crippen molar-refractivity contribution in [1.82, 2.24) is 24.5 Å². The van der Waals surface area contributed by atoms with Crippen LogP contribution in [0.3, 0.4) is 0 Å². The van der Waals surface area contributed by atoms with Crippen molar-refractivity contribution in [2.75, 3.05) is 0 Å². The number of pyridine rings is 2. The first kappa shape index (κ1) is 36.8. The summed E-state index contributed by atoms with van der Waals surface area (Å²) in [5.74, 6) is 2.96. The van der Waals surface area contributed by atoms with Crippen molar-refractivity contribution < 1.29 is 51.0 Å². The minimum atomic E-state index is 0. The quantitative estimate of drug-likeness (QED) is 0.112. The van der Waals surface area contributed by atoms with Gasteiger partial charge in [0.05, 0.1) is 0 Å². The van der Waals surface area contributed by atoms with E-state index in [9.17, 15) is 0 Å². The standard InChI is InChI=1S/C43H31N5O2.Pd.Pt/c1-27(2)32-25-46-43(47-26-32)48-41-23-35(49-33-9-5-7-30(21-33)39-19-28(3)15-17-44-39)11-13-37(41)38-14-12-36(24-42(38)48)50-34-10-6-8-31(22-34)40-20-29(4)16-18-45-40;;/h5-20,25-27H,1-4H3;;/q-4;2*+2. The maximum absolute atomic E-state index is 6.34. The average molecular weight is 951 g/mol. The van der Waals surface area contributed by atoms with E-state index in [0.717, 1.165) is 61.0 Å². The number of fused-ring (bicyclic) bond motifs is 3. The Labute approximate surface area is 331 Å².